The number of aliphatic carboxylic acids is 1. The summed E-state index contributed by atoms with van der Waals surface area (Å²) in [5, 5.41) is 10.6. The van der Waals surface area contributed by atoms with Gasteiger partial charge in [0.05, 0.1) is 25.4 Å². The van der Waals surface area contributed by atoms with Gasteiger partial charge in [-0.15, -0.1) is 0 Å². The summed E-state index contributed by atoms with van der Waals surface area (Å²) in [6.07, 6.45) is 10.2. The van der Waals surface area contributed by atoms with Crippen LogP contribution >= 0.6 is 0 Å². The van der Waals surface area contributed by atoms with Crippen LogP contribution in [0.25, 0.3) is 0 Å². The molecule has 2 aromatic carbocycles. The van der Waals surface area contributed by atoms with Crippen molar-refractivity contribution in [2.45, 2.75) is 83.8 Å². The first-order chi connectivity index (χ1) is 20.8. The molecule has 3 atom stereocenters. The minimum Gasteiger partial charge on any atom is -0.493 e. The molecule has 0 aliphatic carbocycles. The van der Waals surface area contributed by atoms with Crippen LogP contribution in [0.3, 0.4) is 0 Å². The zero-order valence-corrected chi connectivity index (χ0v) is 25.4. The number of imidazole rings is 1. The number of nitrogens with zero attached hydrogens (tertiary/aromatic N) is 4. The van der Waals surface area contributed by atoms with Crippen LogP contribution in [0.5, 0.6) is 5.75 Å². The molecule has 1 amide bonds. The van der Waals surface area contributed by atoms with Crippen LogP contribution in [0.15, 0.2) is 55.1 Å². The second kappa shape index (κ2) is 13.7. The van der Waals surface area contributed by atoms with E-state index in [1.165, 1.54) is 6.07 Å². The fourth-order valence-electron chi connectivity index (χ4n) is 6.98. The van der Waals surface area contributed by atoms with Gasteiger partial charge in [-0.3, -0.25) is 14.5 Å². The number of hydrogen-bond donors (Lipinski definition) is 1. The van der Waals surface area contributed by atoms with Crippen LogP contribution in [0.1, 0.15) is 68.6 Å². The van der Waals surface area contributed by atoms with E-state index in [1.54, 1.807) is 31.6 Å². The van der Waals surface area contributed by atoms with Gasteiger partial charge >= 0.3 is 5.97 Å². The Balaban J connectivity index is 1.48. The van der Waals surface area contributed by atoms with E-state index in [0.29, 0.717) is 37.4 Å². The lowest BCUT2D eigenvalue weighted by atomic mass is 9.83. The number of benzene rings is 2. The zero-order chi connectivity index (χ0) is 30.5. The average molecular weight is 591 g/mol. The van der Waals surface area contributed by atoms with Gasteiger partial charge in [0, 0.05) is 55.6 Å². The third-order valence-electron chi connectivity index (χ3n) is 9.05. The number of carboxylic acid groups (broad SMARTS) is 1. The van der Waals surface area contributed by atoms with E-state index in [0.717, 1.165) is 49.0 Å². The summed E-state index contributed by atoms with van der Waals surface area (Å²) >= 11 is 0. The highest BCUT2D eigenvalue weighted by Crippen LogP contribution is 2.41. The van der Waals surface area contributed by atoms with Crippen LogP contribution in [-0.4, -0.2) is 63.2 Å². The number of carboxylic acids is 1. The number of ether oxygens (including phenoxy) is 1. The first-order valence-corrected chi connectivity index (χ1v) is 15.6. The summed E-state index contributed by atoms with van der Waals surface area (Å²) in [7, 11) is 0. The molecule has 0 radical (unpaired) electrons. The van der Waals surface area contributed by atoms with E-state index in [1.807, 2.05) is 27.8 Å². The largest absolute Gasteiger partial charge is 0.493 e. The van der Waals surface area contributed by atoms with Crippen molar-refractivity contribution >= 4 is 17.6 Å². The molecule has 1 N–H and O–H groups in total. The van der Waals surface area contributed by atoms with Crippen LogP contribution in [0, 0.1) is 18.7 Å². The third kappa shape index (κ3) is 6.77. The van der Waals surface area contributed by atoms with E-state index in [4.69, 9.17) is 4.74 Å². The quantitative estimate of drug-likeness (QED) is 0.270. The molecule has 5 rings (SSSR count). The molecule has 1 fully saturated rings. The predicted octanol–water partition coefficient (Wildman–Crippen LogP) is 5.83. The lowest BCUT2D eigenvalue weighted by molar-refractivity contribution is -0.143. The van der Waals surface area contributed by atoms with E-state index < -0.39 is 11.9 Å². The summed E-state index contributed by atoms with van der Waals surface area (Å²) in [6.45, 7) is 7.71. The van der Waals surface area contributed by atoms with E-state index in [-0.39, 0.29) is 36.3 Å². The van der Waals surface area contributed by atoms with Gasteiger partial charge in [0.15, 0.2) is 0 Å². The second-order valence-electron chi connectivity index (χ2n) is 12.0. The highest BCUT2D eigenvalue weighted by molar-refractivity contribution is 5.95. The molecular weight excluding hydrogens is 547 g/mol. The predicted molar refractivity (Wildman–Crippen MR) is 164 cm³/mol. The van der Waals surface area contributed by atoms with Crippen molar-refractivity contribution in [2.24, 2.45) is 5.92 Å². The number of carbonyl (C=O) groups excluding carboxylic acids is 1. The lowest BCUT2D eigenvalue weighted by Gasteiger charge is -2.35. The molecule has 1 aromatic heterocycles. The Morgan fingerprint density at radius 1 is 1.16 bits per heavy atom. The summed E-state index contributed by atoms with van der Waals surface area (Å²) in [4.78, 5) is 35.3. The van der Waals surface area contributed by atoms with Gasteiger partial charge < -0.3 is 19.3 Å². The van der Waals surface area contributed by atoms with Crippen LogP contribution < -0.4 is 9.64 Å². The van der Waals surface area contributed by atoms with Gasteiger partial charge in [-0.1, -0.05) is 38.8 Å². The molecule has 43 heavy (non-hydrogen) atoms. The molecule has 3 heterocycles. The Kier molecular flexibility index (Phi) is 9.80. The third-order valence-corrected chi connectivity index (χ3v) is 9.05. The molecule has 0 spiro atoms. The van der Waals surface area contributed by atoms with E-state index >= 15 is 0 Å². The first-order valence-electron chi connectivity index (χ1n) is 15.6. The van der Waals surface area contributed by atoms with Gasteiger partial charge in [0.2, 0.25) is 5.91 Å². The molecular formula is C34H43FN4O4. The first kappa shape index (κ1) is 30.7. The molecule has 9 heteroatoms. The van der Waals surface area contributed by atoms with Crippen LogP contribution in [0.2, 0.25) is 0 Å². The van der Waals surface area contributed by atoms with Crippen molar-refractivity contribution in [1.29, 1.82) is 0 Å². The number of fused-ring (bicyclic) bond motifs is 1. The van der Waals surface area contributed by atoms with Gasteiger partial charge in [-0.25, -0.2) is 9.37 Å². The number of hydrogen-bond acceptors (Lipinski definition) is 5. The molecule has 2 aliphatic heterocycles. The smallest absolute Gasteiger partial charge is 0.308 e. The number of anilines is 1. The van der Waals surface area contributed by atoms with Gasteiger partial charge in [-0.05, 0) is 67.1 Å². The Morgan fingerprint density at radius 2 is 1.95 bits per heavy atom. The van der Waals surface area contributed by atoms with Gasteiger partial charge in [0.1, 0.15) is 11.6 Å². The Labute approximate surface area is 253 Å². The highest BCUT2D eigenvalue weighted by atomic mass is 19.1. The summed E-state index contributed by atoms with van der Waals surface area (Å²) in [6, 6.07) is 10.5. The molecule has 0 saturated carbocycles. The number of rotatable bonds is 13. The average Bonchev–Trinajstić information content (AvgIpc) is 3.74. The molecule has 2 aliphatic rings. The Morgan fingerprint density at radius 3 is 2.63 bits per heavy atom. The van der Waals surface area contributed by atoms with Crippen molar-refractivity contribution in [3.8, 4) is 5.75 Å². The summed E-state index contributed by atoms with van der Waals surface area (Å²) in [5.74, 6) is -1.33. The number of amides is 1. The van der Waals surface area contributed by atoms with Gasteiger partial charge in [0.25, 0.3) is 0 Å². The molecule has 0 bridgehead atoms. The Hall–Kier alpha value is -3.72. The topological polar surface area (TPSA) is 87.9 Å². The fourth-order valence-corrected chi connectivity index (χ4v) is 6.98. The second-order valence-corrected chi connectivity index (χ2v) is 12.0. The van der Waals surface area contributed by atoms with E-state index in [9.17, 15) is 19.1 Å². The molecule has 0 unspecified atom stereocenters. The van der Waals surface area contributed by atoms with Crippen molar-refractivity contribution in [3.05, 3.63) is 77.6 Å². The number of halogens is 1. The van der Waals surface area contributed by atoms with Crippen LogP contribution in [-0.2, 0) is 22.6 Å². The maximum Gasteiger partial charge on any atom is 0.308 e. The standard InChI is InChI=1S/C34H43FN4O4/c1-4-6-26(7-5-2)39(27-9-10-29(35)23(3)18-27)32(40)21-38-20-28(24-8-11-31-25(19-24)13-17-43-31)33(34(41)42)30(38)12-15-37-16-14-36-22-37/h8-11,14,16,18-19,22,26,28,30,33H,4-7,12-13,15,17,20-21H2,1-3H3,(H,41,42)/t28-,30+,33-/m1/s1. The minimum atomic E-state index is -0.854. The number of likely N-dealkylation sites (tertiary alicyclic amines) is 1. The van der Waals surface area contributed by atoms with Crippen molar-refractivity contribution < 1.29 is 23.8 Å². The highest BCUT2D eigenvalue weighted by Gasteiger charge is 2.47. The van der Waals surface area contributed by atoms with Crippen molar-refractivity contribution in [2.75, 3.05) is 24.6 Å². The fraction of sp³-hybridized carbons (Fsp3) is 0.500. The van der Waals surface area contributed by atoms with Crippen LogP contribution in [0.4, 0.5) is 10.1 Å². The lowest BCUT2D eigenvalue weighted by Crippen LogP contribution is -2.48. The van der Waals surface area contributed by atoms with E-state index in [2.05, 4.69) is 29.8 Å². The molecule has 230 valence electrons. The monoisotopic (exact) mass is 590 g/mol. The SMILES string of the molecule is CCCC(CCC)N(C(=O)CN1C[C@H](c2ccc3c(c2)CCO3)[C@@H](C(=O)O)[C@@H]1CCn1ccnc1)c1ccc(F)c(C)c1. The zero-order valence-electron chi connectivity index (χ0n) is 25.4. The number of aromatic nitrogens is 2. The number of carbonyl (C=O) groups is 2. The van der Waals surface area contributed by atoms with Crippen molar-refractivity contribution in [1.82, 2.24) is 14.5 Å². The van der Waals surface area contributed by atoms with Gasteiger partial charge in [-0.2, -0.15) is 0 Å². The maximum absolute atomic E-state index is 14.3. The molecule has 1 saturated heterocycles. The summed E-state index contributed by atoms with van der Waals surface area (Å²) in [5.41, 5.74) is 3.26. The molecule has 3 aromatic rings. The van der Waals surface area contributed by atoms with Crippen molar-refractivity contribution in [3.63, 3.8) is 0 Å². The summed E-state index contributed by atoms with van der Waals surface area (Å²) < 4.78 is 21.9. The maximum atomic E-state index is 14.3. The molecule has 8 nitrogen and oxygen atoms in total. The Bertz CT molecular complexity index is 1410. The minimum absolute atomic E-state index is 0.0258. The normalized spacial score (nSPS) is 19.9. The number of aryl methyl sites for hydroxylation is 2.